The fourth-order valence-corrected chi connectivity index (χ4v) is 3.83. The fraction of sp³-hybridized carbons (Fsp3) is 0.700. The minimum Gasteiger partial charge on any atom is -0.314 e. The number of hydrogen-bond donors (Lipinski definition) is 1. The van der Waals surface area contributed by atoms with E-state index in [1.54, 1.807) is 0 Å². The monoisotopic (exact) mass is 315 g/mol. The smallest absolute Gasteiger partial charge is 0.0475 e. The second-order valence-electron chi connectivity index (χ2n) is 8.18. The summed E-state index contributed by atoms with van der Waals surface area (Å²) in [7, 11) is 0. The topological polar surface area (TPSA) is 18.5 Å². The number of nitrogens with zero attached hydrogens (tertiary/aromatic N) is 2. The molecular formula is C20H33N3. The van der Waals surface area contributed by atoms with E-state index in [0.717, 1.165) is 13.1 Å². The summed E-state index contributed by atoms with van der Waals surface area (Å²) in [6.45, 7) is 15.2. The van der Waals surface area contributed by atoms with Crippen molar-refractivity contribution in [1.29, 1.82) is 0 Å². The Labute approximate surface area is 142 Å². The van der Waals surface area contributed by atoms with Gasteiger partial charge in [0, 0.05) is 38.8 Å². The maximum Gasteiger partial charge on any atom is 0.0475 e. The maximum absolute atomic E-state index is 3.47. The van der Waals surface area contributed by atoms with Gasteiger partial charge in [0.25, 0.3) is 0 Å². The summed E-state index contributed by atoms with van der Waals surface area (Å²) in [6, 6.07) is 10.0. The predicted molar refractivity (Wildman–Crippen MR) is 98.0 cm³/mol. The molecule has 128 valence electrons. The first-order chi connectivity index (χ1) is 11.0. The Balaban J connectivity index is 1.76. The molecule has 0 aliphatic carbocycles. The van der Waals surface area contributed by atoms with Crippen LogP contribution in [0.1, 0.15) is 50.8 Å². The van der Waals surface area contributed by atoms with E-state index in [-0.39, 0.29) is 5.41 Å². The van der Waals surface area contributed by atoms with Crippen molar-refractivity contribution in [3.8, 4) is 0 Å². The van der Waals surface area contributed by atoms with Crippen molar-refractivity contribution in [2.75, 3.05) is 45.8 Å². The molecule has 0 saturated carbocycles. The molecule has 3 nitrogen and oxygen atoms in total. The first kappa shape index (κ1) is 16.9. The molecule has 3 rings (SSSR count). The SMILES string of the molecule is CC(C)(C)c1ccc(C(CN2CCNCC2)N2CCCC2)cc1. The molecule has 1 aromatic carbocycles. The van der Waals surface area contributed by atoms with Crippen LogP contribution < -0.4 is 5.32 Å². The number of piperazine rings is 1. The van der Waals surface area contributed by atoms with Crippen molar-refractivity contribution < 1.29 is 0 Å². The highest BCUT2D eigenvalue weighted by molar-refractivity contribution is 5.29. The molecule has 3 heteroatoms. The number of likely N-dealkylation sites (tertiary alicyclic amines) is 1. The lowest BCUT2D eigenvalue weighted by atomic mass is 9.86. The molecule has 0 radical (unpaired) electrons. The molecule has 0 amide bonds. The first-order valence-electron chi connectivity index (χ1n) is 9.31. The van der Waals surface area contributed by atoms with Crippen molar-refractivity contribution in [1.82, 2.24) is 15.1 Å². The standard InChI is InChI=1S/C20H33N3/c1-20(2,3)18-8-6-17(7-9-18)19(23-12-4-5-13-23)16-22-14-10-21-11-15-22/h6-9,19,21H,4-5,10-16H2,1-3H3. The summed E-state index contributed by atoms with van der Waals surface area (Å²) in [5.74, 6) is 0. The van der Waals surface area contributed by atoms with Crippen LogP contribution in [-0.4, -0.2) is 55.6 Å². The summed E-state index contributed by atoms with van der Waals surface area (Å²) < 4.78 is 0. The van der Waals surface area contributed by atoms with Crippen LogP contribution in [0.2, 0.25) is 0 Å². The van der Waals surface area contributed by atoms with Gasteiger partial charge < -0.3 is 5.32 Å². The van der Waals surface area contributed by atoms with Gasteiger partial charge in [0.05, 0.1) is 0 Å². The average molecular weight is 316 g/mol. The molecule has 1 atom stereocenters. The van der Waals surface area contributed by atoms with Crippen molar-refractivity contribution in [2.24, 2.45) is 0 Å². The summed E-state index contributed by atoms with van der Waals surface area (Å²) in [4.78, 5) is 5.34. The van der Waals surface area contributed by atoms with Gasteiger partial charge in [-0.05, 0) is 42.5 Å². The molecule has 2 heterocycles. The molecule has 1 aromatic rings. The van der Waals surface area contributed by atoms with E-state index in [1.165, 1.54) is 56.7 Å². The number of hydrogen-bond acceptors (Lipinski definition) is 3. The van der Waals surface area contributed by atoms with E-state index in [2.05, 4.69) is 60.2 Å². The van der Waals surface area contributed by atoms with Gasteiger partial charge in [-0.1, -0.05) is 45.0 Å². The number of nitrogens with one attached hydrogen (secondary N) is 1. The van der Waals surface area contributed by atoms with Gasteiger partial charge in [-0.25, -0.2) is 0 Å². The first-order valence-corrected chi connectivity index (χ1v) is 9.31. The third-order valence-electron chi connectivity index (χ3n) is 5.38. The lowest BCUT2D eigenvalue weighted by molar-refractivity contribution is 0.150. The lowest BCUT2D eigenvalue weighted by Crippen LogP contribution is -2.47. The maximum atomic E-state index is 3.47. The Morgan fingerprint density at radius 1 is 0.957 bits per heavy atom. The zero-order valence-corrected chi connectivity index (χ0v) is 15.1. The van der Waals surface area contributed by atoms with Crippen molar-refractivity contribution >= 4 is 0 Å². The van der Waals surface area contributed by atoms with Crippen LogP contribution >= 0.6 is 0 Å². The van der Waals surface area contributed by atoms with Gasteiger partial charge in [-0.15, -0.1) is 0 Å². The van der Waals surface area contributed by atoms with Gasteiger partial charge in [-0.3, -0.25) is 9.80 Å². The van der Waals surface area contributed by atoms with Gasteiger partial charge >= 0.3 is 0 Å². The highest BCUT2D eigenvalue weighted by Crippen LogP contribution is 2.29. The summed E-state index contributed by atoms with van der Waals surface area (Å²) in [5, 5.41) is 3.47. The Kier molecular flexibility index (Phi) is 5.40. The van der Waals surface area contributed by atoms with E-state index in [4.69, 9.17) is 0 Å². The van der Waals surface area contributed by atoms with Crippen LogP contribution in [0.25, 0.3) is 0 Å². The third kappa shape index (κ3) is 4.34. The number of benzene rings is 1. The minimum atomic E-state index is 0.236. The molecule has 2 aliphatic rings. The summed E-state index contributed by atoms with van der Waals surface area (Å²) >= 11 is 0. The van der Waals surface area contributed by atoms with Crippen LogP contribution in [-0.2, 0) is 5.41 Å². The molecule has 1 N–H and O–H groups in total. The molecule has 2 aliphatic heterocycles. The highest BCUT2D eigenvalue weighted by Gasteiger charge is 2.26. The second kappa shape index (κ2) is 7.33. The lowest BCUT2D eigenvalue weighted by Gasteiger charge is -2.35. The Bertz CT molecular complexity index is 477. The van der Waals surface area contributed by atoms with Crippen LogP contribution in [0.3, 0.4) is 0 Å². The molecule has 2 fully saturated rings. The third-order valence-corrected chi connectivity index (χ3v) is 5.38. The van der Waals surface area contributed by atoms with Crippen LogP contribution in [0.5, 0.6) is 0 Å². The normalized spacial score (nSPS) is 22.4. The van der Waals surface area contributed by atoms with Gasteiger partial charge in [0.2, 0.25) is 0 Å². The fourth-order valence-electron chi connectivity index (χ4n) is 3.83. The highest BCUT2D eigenvalue weighted by atomic mass is 15.2. The average Bonchev–Trinajstić information content (AvgIpc) is 3.07. The predicted octanol–water partition coefficient (Wildman–Crippen LogP) is 3.03. The summed E-state index contributed by atoms with van der Waals surface area (Å²) in [6.07, 6.45) is 2.72. The molecule has 0 aromatic heterocycles. The van der Waals surface area contributed by atoms with Crippen molar-refractivity contribution in [3.63, 3.8) is 0 Å². The molecular weight excluding hydrogens is 282 g/mol. The Morgan fingerprint density at radius 3 is 2.13 bits per heavy atom. The Hall–Kier alpha value is -0.900. The minimum absolute atomic E-state index is 0.236. The van der Waals surface area contributed by atoms with E-state index >= 15 is 0 Å². The van der Waals surface area contributed by atoms with Crippen LogP contribution in [0.15, 0.2) is 24.3 Å². The molecule has 2 saturated heterocycles. The second-order valence-corrected chi connectivity index (χ2v) is 8.18. The zero-order chi connectivity index (χ0) is 16.3. The van der Waals surface area contributed by atoms with E-state index in [0.29, 0.717) is 6.04 Å². The largest absolute Gasteiger partial charge is 0.314 e. The van der Waals surface area contributed by atoms with Crippen LogP contribution in [0, 0.1) is 0 Å². The van der Waals surface area contributed by atoms with E-state index in [1.807, 2.05) is 0 Å². The van der Waals surface area contributed by atoms with Gasteiger partial charge in [0.1, 0.15) is 0 Å². The van der Waals surface area contributed by atoms with Gasteiger partial charge in [-0.2, -0.15) is 0 Å². The number of rotatable bonds is 4. The quantitative estimate of drug-likeness (QED) is 0.921. The molecule has 1 unspecified atom stereocenters. The van der Waals surface area contributed by atoms with Crippen LogP contribution in [0.4, 0.5) is 0 Å². The van der Waals surface area contributed by atoms with Crippen molar-refractivity contribution in [3.05, 3.63) is 35.4 Å². The molecule has 0 spiro atoms. The van der Waals surface area contributed by atoms with Gasteiger partial charge in [0.15, 0.2) is 0 Å². The van der Waals surface area contributed by atoms with E-state index in [9.17, 15) is 0 Å². The molecule has 23 heavy (non-hydrogen) atoms. The zero-order valence-electron chi connectivity index (χ0n) is 15.1. The molecule has 0 bridgehead atoms. The summed E-state index contributed by atoms with van der Waals surface area (Å²) in [5.41, 5.74) is 3.17. The van der Waals surface area contributed by atoms with E-state index < -0.39 is 0 Å². The Morgan fingerprint density at radius 2 is 1.57 bits per heavy atom. The van der Waals surface area contributed by atoms with Crippen molar-refractivity contribution in [2.45, 2.75) is 45.1 Å².